The first-order valence-corrected chi connectivity index (χ1v) is 6.39. The van der Waals surface area contributed by atoms with Gasteiger partial charge in [-0.05, 0) is 6.07 Å². The summed E-state index contributed by atoms with van der Waals surface area (Å²) in [5, 5.41) is 5.44. The lowest BCUT2D eigenvalue weighted by Crippen LogP contribution is -2.39. The molecule has 1 atom stereocenters. The Kier molecular flexibility index (Phi) is 7.46. The molecule has 6 nitrogen and oxygen atoms in total. The second-order valence-electron chi connectivity index (χ2n) is 4.10. The maximum absolute atomic E-state index is 11.6. The van der Waals surface area contributed by atoms with Crippen LogP contribution in [-0.4, -0.2) is 47.1 Å². The highest BCUT2D eigenvalue weighted by Crippen LogP contribution is 2.26. The average molecular weight is 282 g/mol. The lowest BCUT2D eigenvalue weighted by atomic mass is 10.1. The zero-order chi connectivity index (χ0) is 14.8. The first-order valence-electron chi connectivity index (χ1n) is 6.39. The van der Waals surface area contributed by atoms with Gasteiger partial charge in [0.2, 0.25) is 0 Å². The maximum atomic E-state index is 11.6. The molecule has 0 aromatic heterocycles. The first kappa shape index (κ1) is 16.3. The third-order valence-corrected chi connectivity index (χ3v) is 2.81. The maximum Gasteiger partial charge on any atom is 0.314 e. The Balaban J connectivity index is 2.52. The van der Waals surface area contributed by atoms with Crippen LogP contribution in [0.15, 0.2) is 24.3 Å². The van der Waals surface area contributed by atoms with Gasteiger partial charge < -0.3 is 24.8 Å². The van der Waals surface area contributed by atoms with Gasteiger partial charge in [-0.25, -0.2) is 4.79 Å². The number of para-hydroxylation sites is 1. The van der Waals surface area contributed by atoms with E-state index in [9.17, 15) is 4.79 Å². The average Bonchev–Trinajstić information content (AvgIpc) is 2.48. The number of methoxy groups -OCH3 is 3. The Bertz CT molecular complexity index is 412. The quantitative estimate of drug-likeness (QED) is 0.706. The topological polar surface area (TPSA) is 68.8 Å². The molecule has 0 fully saturated rings. The summed E-state index contributed by atoms with van der Waals surface area (Å²) in [5.41, 5.74) is 0.898. The van der Waals surface area contributed by atoms with Crippen molar-refractivity contribution in [2.75, 3.05) is 41.0 Å². The molecule has 0 aliphatic heterocycles. The molecule has 112 valence electrons. The number of nitrogens with one attached hydrogen (secondary N) is 2. The molecule has 0 saturated heterocycles. The van der Waals surface area contributed by atoms with Gasteiger partial charge in [-0.3, -0.25) is 0 Å². The molecule has 1 aromatic rings. The third-order valence-electron chi connectivity index (χ3n) is 2.81. The summed E-state index contributed by atoms with van der Waals surface area (Å²) < 4.78 is 15.6. The molecule has 0 bridgehead atoms. The van der Waals surface area contributed by atoms with E-state index >= 15 is 0 Å². The predicted molar refractivity (Wildman–Crippen MR) is 76.0 cm³/mol. The minimum Gasteiger partial charge on any atom is -0.496 e. The molecule has 0 saturated carbocycles. The number of ether oxygens (including phenoxy) is 3. The van der Waals surface area contributed by atoms with Crippen LogP contribution < -0.4 is 15.4 Å². The van der Waals surface area contributed by atoms with Crippen LogP contribution in [0.1, 0.15) is 11.7 Å². The minimum absolute atomic E-state index is 0.251. The molecule has 2 amide bonds. The number of carbonyl (C=O) groups excluding carboxylic acids is 1. The molecule has 0 aliphatic rings. The predicted octanol–water partition coefficient (Wildman–Crippen LogP) is 1.33. The van der Waals surface area contributed by atoms with Crippen molar-refractivity contribution in [1.82, 2.24) is 10.6 Å². The van der Waals surface area contributed by atoms with Crippen LogP contribution in [0.25, 0.3) is 0 Å². The fourth-order valence-corrected chi connectivity index (χ4v) is 1.77. The molecular formula is C14H22N2O4. The fourth-order valence-electron chi connectivity index (χ4n) is 1.77. The van der Waals surface area contributed by atoms with Crippen LogP contribution in [0.3, 0.4) is 0 Å². The van der Waals surface area contributed by atoms with Crippen LogP contribution in [-0.2, 0) is 9.47 Å². The van der Waals surface area contributed by atoms with Crippen molar-refractivity contribution >= 4 is 6.03 Å². The standard InChI is InChI=1S/C14H22N2O4/c1-18-9-8-15-14(17)16-10-13(20-3)11-6-4-5-7-12(11)19-2/h4-7,13H,8-10H2,1-3H3,(H2,15,16,17)/t13-/m1/s1. The molecule has 0 heterocycles. The van der Waals surface area contributed by atoms with Crippen LogP contribution in [0.2, 0.25) is 0 Å². The van der Waals surface area contributed by atoms with Crippen molar-refractivity contribution in [3.63, 3.8) is 0 Å². The SMILES string of the molecule is COCCNC(=O)NC[C@@H](OC)c1ccccc1OC. The number of benzene rings is 1. The summed E-state index contributed by atoms with van der Waals surface area (Å²) in [5.74, 6) is 0.737. The highest BCUT2D eigenvalue weighted by atomic mass is 16.5. The van der Waals surface area contributed by atoms with Gasteiger partial charge in [0.15, 0.2) is 0 Å². The summed E-state index contributed by atoms with van der Waals surface area (Å²) in [7, 11) is 4.79. The lowest BCUT2D eigenvalue weighted by molar-refractivity contribution is 0.101. The van der Waals surface area contributed by atoms with E-state index in [1.165, 1.54) is 0 Å². The monoisotopic (exact) mass is 282 g/mol. The van der Waals surface area contributed by atoms with E-state index in [4.69, 9.17) is 14.2 Å². The number of amides is 2. The minimum atomic E-state index is -0.265. The smallest absolute Gasteiger partial charge is 0.314 e. The molecule has 1 aromatic carbocycles. The Morgan fingerprint density at radius 1 is 1.20 bits per heavy atom. The zero-order valence-corrected chi connectivity index (χ0v) is 12.1. The van der Waals surface area contributed by atoms with Gasteiger partial charge in [0, 0.05) is 32.9 Å². The van der Waals surface area contributed by atoms with Crippen molar-refractivity contribution in [2.24, 2.45) is 0 Å². The number of hydrogen-bond donors (Lipinski definition) is 2. The van der Waals surface area contributed by atoms with E-state index < -0.39 is 0 Å². The van der Waals surface area contributed by atoms with Crippen LogP contribution in [0, 0.1) is 0 Å². The van der Waals surface area contributed by atoms with Crippen LogP contribution in [0.4, 0.5) is 4.79 Å². The highest BCUT2D eigenvalue weighted by molar-refractivity contribution is 5.73. The van der Waals surface area contributed by atoms with E-state index in [2.05, 4.69) is 10.6 Å². The molecule has 0 aliphatic carbocycles. The zero-order valence-electron chi connectivity index (χ0n) is 12.1. The fraction of sp³-hybridized carbons (Fsp3) is 0.500. The molecule has 0 spiro atoms. The second kappa shape index (κ2) is 9.17. The van der Waals surface area contributed by atoms with Crippen LogP contribution in [0.5, 0.6) is 5.75 Å². The molecule has 20 heavy (non-hydrogen) atoms. The number of rotatable bonds is 8. The van der Waals surface area contributed by atoms with Gasteiger partial charge >= 0.3 is 6.03 Å². The van der Waals surface area contributed by atoms with E-state index in [0.29, 0.717) is 19.7 Å². The van der Waals surface area contributed by atoms with Crippen molar-refractivity contribution in [3.8, 4) is 5.75 Å². The second-order valence-corrected chi connectivity index (χ2v) is 4.10. The van der Waals surface area contributed by atoms with Gasteiger partial charge in [0.05, 0.1) is 13.7 Å². The molecule has 0 radical (unpaired) electrons. The van der Waals surface area contributed by atoms with E-state index in [1.54, 1.807) is 21.3 Å². The third kappa shape index (κ3) is 5.07. The Labute approximate surface area is 119 Å². The van der Waals surface area contributed by atoms with E-state index in [-0.39, 0.29) is 12.1 Å². The van der Waals surface area contributed by atoms with Gasteiger partial charge in [-0.15, -0.1) is 0 Å². The lowest BCUT2D eigenvalue weighted by Gasteiger charge is -2.19. The number of urea groups is 1. The van der Waals surface area contributed by atoms with Crippen LogP contribution >= 0.6 is 0 Å². The van der Waals surface area contributed by atoms with Crippen molar-refractivity contribution in [1.29, 1.82) is 0 Å². The molecule has 6 heteroatoms. The first-order chi connectivity index (χ1) is 9.72. The Morgan fingerprint density at radius 2 is 1.95 bits per heavy atom. The van der Waals surface area contributed by atoms with Crippen molar-refractivity contribution in [3.05, 3.63) is 29.8 Å². The normalized spacial score (nSPS) is 11.8. The number of carbonyl (C=O) groups is 1. The summed E-state index contributed by atoms with van der Waals surface area (Å²) >= 11 is 0. The number of hydrogen-bond acceptors (Lipinski definition) is 4. The van der Waals surface area contributed by atoms with E-state index in [0.717, 1.165) is 11.3 Å². The molecule has 2 N–H and O–H groups in total. The summed E-state index contributed by atoms with van der Waals surface area (Å²) in [6.45, 7) is 1.30. The van der Waals surface area contributed by atoms with Gasteiger partial charge in [-0.1, -0.05) is 18.2 Å². The highest BCUT2D eigenvalue weighted by Gasteiger charge is 2.15. The summed E-state index contributed by atoms with van der Waals surface area (Å²) in [6, 6.07) is 7.32. The Morgan fingerprint density at radius 3 is 2.60 bits per heavy atom. The largest absolute Gasteiger partial charge is 0.496 e. The molecule has 0 unspecified atom stereocenters. The van der Waals surface area contributed by atoms with Gasteiger partial charge in [0.25, 0.3) is 0 Å². The van der Waals surface area contributed by atoms with E-state index in [1.807, 2.05) is 24.3 Å². The van der Waals surface area contributed by atoms with Crippen molar-refractivity contribution < 1.29 is 19.0 Å². The molecule has 1 rings (SSSR count). The van der Waals surface area contributed by atoms with Crippen molar-refractivity contribution in [2.45, 2.75) is 6.10 Å². The van der Waals surface area contributed by atoms with Gasteiger partial charge in [0.1, 0.15) is 11.9 Å². The summed E-state index contributed by atoms with van der Waals surface area (Å²) in [4.78, 5) is 11.6. The Hall–Kier alpha value is -1.79. The summed E-state index contributed by atoms with van der Waals surface area (Å²) in [6.07, 6.45) is -0.265. The molecular weight excluding hydrogens is 260 g/mol. The van der Waals surface area contributed by atoms with Gasteiger partial charge in [-0.2, -0.15) is 0 Å².